The molecule has 1 aromatic rings. The van der Waals surface area contributed by atoms with Crippen LogP contribution >= 0.6 is 0 Å². The van der Waals surface area contributed by atoms with E-state index in [0.29, 0.717) is 6.04 Å². The highest BCUT2D eigenvalue weighted by atomic mass is 16.4. The van der Waals surface area contributed by atoms with Crippen molar-refractivity contribution >= 4 is 17.8 Å². The Balaban J connectivity index is 1.79. The third-order valence-corrected chi connectivity index (χ3v) is 2.18. The van der Waals surface area contributed by atoms with E-state index in [-0.39, 0.29) is 24.1 Å². The van der Waals surface area contributed by atoms with Crippen LogP contribution < -0.4 is 10.6 Å². The van der Waals surface area contributed by atoms with E-state index in [4.69, 9.17) is 9.52 Å². The summed E-state index contributed by atoms with van der Waals surface area (Å²) in [5, 5.41) is 14.1. The topological polar surface area (TPSA) is 91.6 Å². The van der Waals surface area contributed by atoms with E-state index >= 15 is 0 Å². The first-order chi connectivity index (χ1) is 7.65. The quantitative estimate of drug-likeness (QED) is 0.683. The maximum absolute atomic E-state index is 11.3. The van der Waals surface area contributed by atoms with E-state index in [1.807, 2.05) is 0 Å². The smallest absolute Gasteiger partial charge is 0.371 e. The van der Waals surface area contributed by atoms with Crippen molar-refractivity contribution in [2.45, 2.75) is 18.9 Å². The third kappa shape index (κ3) is 2.75. The summed E-state index contributed by atoms with van der Waals surface area (Å²) in [5.74, 6) is -1.11. The molecular weight excluding hydrogens is 212 g/mol. The van der Waals surface area contributed by atoms with Crippen molar-refractivity contribution in [2.24, 2.45) is 0 Å². The van der Waals surface area contributed by atoms with Gasteiger partial charge in [0, 0.05) is 12.1 Å². The van der Waals surface area contributed by atoms with Crippen LogP contribution in [-0.2, 0) is 4.79 Å². The van der Waals surface area contributed by atoms with Crippen molar-refractivity contribution in [1.29, 1.82) is 0 Å². The Bertz CT molecular complexity index is 409. The minimum Gasteiger partial charge on any atom is -0.475 e. The van der Waals surface area contributed by atoms with Gasteiger partial charge in [-0.25, -0.2) is 4.79 Å². The van der Waals surface area contributed by atoms with Crippen LogP contribution in [0.1, 0.15) is 23.4 Å². The van der Waals surface area contributed by atoms with Gasteiger partial charge in [0.1, 0.15) is 0 Å². The summed E-state index contributed by atoms with van der Waals surface area (Å²) >= 11 is 0. The number of nitrogens with one attached hydrogen (secondary N) is 2. The zero-order valence-electron chi connectivity index (χ0n) is 8.53. The fraction of sp³-hybridized carbons (Fsp3) is 0.400. The number of anilines is 1. The van der Waals surface area contributed by atoms with Gasteiger partial charge in [0.15, 0.2) is 5.88 Å². The van der Waals surface area contributed by atoms with Crippen LogP contribution in [0.15, 0.2) is 16.5 Å². The van der Waals surface area contributed by atoms with Crippen molar-refractivity contribution < 1.29 is 19.1 Å². The molecule has 1 aliphatic rings. The first-order valence-electron chi connectivity index (χ1n) is 5.01. The van der Waals surface area contributed by atoms with Gasteiger partial charge in [-0.1, -0.05) is 0 Å². The lowest BCUT2D eigenvalue weighted by molar-refractivity contribution is -0.119. The monoisotopic (exact) mass is 224 g/mol. The fourth-order valence-corrected chi connectivity index (χ4v) is 1.22. The number of carbonyl (C=O) groups excluding carboxylic acids is 1. The number of hydrogen-bond donors (Lipinski definition) is 3. The summed E-state index contributed by atoms with van der Waals surface area (Å²) in [5.41, 5.74) is 0. The minimum atomic E-state index is -1.13. The van der Waals surface area contributed by atoms with Crippen LogP contribution in [0, 0.1) is 0 Å². The number of carboxylic acids is 1. The molecule has 1 amide bonds. The van der Waals surface area contributed by atoms with E-state index in [9.17, 15) is 9.59 Å². The highest BCUT2D eigenvalue weighted by Gasteiger charge is 2.23. The van der Waals surface area contributed by atoms with Gasteiger partial charge in [-0.2, -0.15) is 0 Å². The van der Waals surface area contributed by atoms with Crippen LogP contribution in [0.4, 0.5) is 5.88 Å². The molecule has 0 saturated heterocycles. The zero-order valence-corrected chi connectivity index (χ0v) is 8.53. The number of hydrogen-bond acceptors (Lipinski definition) is 4. The Morgan fingerprint density at radius 3 is 2.75 bits per heavy atom. The van der Waals surface area contributed by atoms with E-state index in [0.717, 1.165) is 12.8 Å². The van der Waals surface area contributed by atoms with Crippen LogP contribution in [0.3, 0.4) is 0 Å². The molecule has 1 aromatic heterocycles. The Morgan fingerprint density at radius 1 is 1.44 bits per heavy atom. The summed E-state index contributed by atoms with van der Waals surface area (Å²) in [6, 6.07) is 3.14. The molecule has 0 aliphatic heterocycles. The van der Waals surface area contributed by atoms with Gasteiger partial charge in [0.2, 0.25) is 11.7 Å². The van der Waals surface area contributed by atoms with Crippen molar-refractivity contribution in [3.63, 3.8) is 0 Å². The maximum Gasteiger partial charge on any atom is 0.371 e. The van der Waals surface area contributed by atoms with Crippen LogP contribution in [0.2, 0.25) is 0 Å². The first-order valence-corrected chi connectivity index (χ1v) is 5.01. The predicted molar refractivity (Wildman–Crippen MR) is 55.3 cm³/mol. The molecule has 3 N–H and O–H groups in total. The zero-order chi connectivity index (χ0) is 11.5. The minimum absolute atomic E-state index is 0.0864. The van der Waals surface area contributed by atoms with Gasteiger partial charge in [0.05, 0.1) is 6.54 Å². The summed E-state index contributed by atoms with van der Waals surface area (Å²) in [4.78, 5) is 21.8. The Hall–Kier alpha value is -1.98. The lowest BCUT2D eigenvalue weighted by Gasteiger charge is -2.03. The molecule has 1 saturated carbocycles. The average molecular weight is 224 g/mol. The second kappa shape index (κ2) is 4.26. The average Bonchev–Trinajstić information content (AvgIpc) is 2.91. The lowest BCUT2D eigenvalue weighted by atomic mass is 10.4. The largest absolute Gasteiger partial charge is 0.475 e. The summed E-state index contributed by atoms with van der Waals surface area (Å²) in [7, 11) is 0. The van der Waals surface area contributed by atoms with Crippen LogP contribution in [0.25, 0.3) is 0 Å². The van der Waals surface area contributed by atoms with Gasteiger partial charge in [0.25, 0.3) is 0 Å². The molecule has 86 valence electrons. The van der Waals surface area contributed by atoms with Crippen LogP contribution in [0.5, 0.6) is 0 Å². The predicted octanol–water partition coefficient (Wildman–Crippen LogP) is 0.668. The molecule has 0 atom stereocenters. The molecule has 0 radical (unpaired) electrons. The Kier molecular flexibility index (Phi) is 2.80. The molecule has 6 nitrogen and oxygen atoms in total. The Labute approximate surface area is 91.6 Å². The third-order valence-electron chi connectivity index (χ3n) is 2.18. The second-order valence-electron chi connectivity index (χ2n) is 3.66. The number of furan rings is 1. The van der Waals surface area contributed by atoms with Crippen molar-refractivity contribution in [3.05, 3.63) is 17.9 Å². The molecule has 2 rings (SSSR count). The van der Waals surface area contributed by atoms with Crippen molar-refractivity contribution in [1.82, 2.24) is 5.32 Å². The maximum atomic E-state index is 11.3. The SMILES string of the molecule is O=C(CNc1ccc(C(=O)O)o1)NC1CC1. The number of carboxylic acid groups (broad SMARTS) is 1. The summed E-state index contributed by atoms with van der Waals surface area (Å²) in [6.07, 6.45) is 2.07. The number of carbonyl (C=O) groups is 2. The normalized spacial score (nSPS) is 14.5. The van der Waals surface area contributed by atoms with Crippen molar-refractivity contribution in [2.75, 3.05) is 11.9 Å². The molecule has 1 heterocycles. The highest BCUT2D eigenvalue weighted by molar-refractivity contribution is 5.85. The summed E-state index contributed by atoms with van der Waals surface area (Å²) < 4.78 is 4.93. The van der Waals surface area contributed by atoms with Gasteiger partial charge >= 0.3 is 5.97 Å². The first kappa shape index (κ1) is 10.5. The molecule has 0 unspecified atom stereocenters. The number of amides is 1. The molecular formula is C10H12N2O4. The highest BCUT2D eigenvalue weighted by Crippen LogP contribution is 2.18. The lowest BCUT2D eigenvalue weighted by Crippen LogP contribution is -2.31. The van der Waals surface area contributed by atoms with Gasteiger partial charge < -0.3 is 20.2 Å². The number of aromatic carboxylic acids is 1. The molecule has 16 heavy (non-hydrogen) atoms. The molecule has 0 spiro atoms. The molecule has 6 heteroatoms. The van der Waals surface area contributed by atoms with E-state index in [1.54, 1.807) is 0 Å². The second-order valence-corrected chi connectivity index (χ2v) is 3.66. The van der Waals surface area contributed by atoms with Gasteiger partial charge in [-0.05, 0) is 18.9 Å². The Morgan fingerprint density at radius 2 is 2.19 bits per heavy atom. The summed E-state index contributed by atoms with van der Waals surface area (Å²) in [6.45, 7) is 0.0864. The van der Waals surface area contributed by atoms with Crippen molar-refractivity contribution in [3.8, 4) is 0 Å². The molecule has 1 aliphatic carbocycles. The van der Waals surface area contributed by atoms with E-state index in [2.05, 4.69) is 10.6 Å². The standard InChI is InChI=1S/C10H12N2O4/c13-8(12-6-1-2-6)5-11-9-4-3-7(16-9)10(14)15/h3-4,6,11H,1-2,5H2,(H,12,13)(H,14,15). The molecule has 0 bridgehead atoms. The molecule has 0 aromatic carbocycles. The van der Waals surface area contributed by atoms with E-state index in [1.165, 1.54) is 12.1 Å². The van der Waals surface area contributed by atoms with Gasteiger partial charge in [-0.15, -0.1) is 0 Å². The van der Waals surface area contributed by atoms with Crippen LogP contribution in [-0.4, -0.2) is 29.6 Å². The van der Waals surface area contributed by atoms with Gasteiger partial charge in [-0.3, -0.25) is 4.79 Å². The number of rotatable bonds is 5. The fourth-order valence-electron chi connectivity index (χ4n) is 1.22. The molecule has 1 fully saturated rings. The van der Waals surface area contributed by atoms with E-state index < -0.39 is 5.97 Å².